The van der Waals surface area contributed by atoms with Crippen molar-refractivity contribution >= 4 is 30.0 Å². The molecule has 3 aromatic carbocycles. The summed E-state index contributed by atoms with van der Waals surface area (Å²) in [5.74, 6) is 0.726. The number of rotatable bonds is 5. The molecule has 4 heteroatoms. The minimum Gasteiger partial charge on any atom is -1.00 e. The van der Waals surface area contributed by atoms with E-state index < -0.39 is 0 Å². The summed E-state index contributed by atoms with van der Waals surface area (Å²) < 4.78 is 0. The average molecular weight is 458 g/mol. The fourth-order valence-electron chi connectivity index (χ4n) is 3.44. The molecule has 4 rings (SSSR count). The molecule has 0 saturated heterocycles. The second-order valence-corrected chi connectivity index (χ2v) is 8.61. The molecule has 2 atom stereocenters. The number of hydrogen-bond donors (Lipinski definition) is 0. The Kier molecular flexibility index (Phi) is 13.8. The zero-order valence-corrected chi connectivity index (χ0v) is 20.4. The van der Waals surface area contributed by atoms with E-state index in [0.29, 0.717) is 0 Å². The Balaban J connectivity index is 0.000000569. The van der Waals surface area contributed by atoms with Crippen molar-refractivity contribution in [2.45, 2.75) is 40.0 Å². The SMILES string of the molecule is CCCC(C)C1=[C-]CC=C1.Cc1ccccc1Pc1cc2ccccc2[cH-]1.[F-].[F-].[Ti+4]. The van der Waals surface area contributed by atoms with Gasteiger partial charge in [0.1, 0.15) is 0 Å². The van der Waals surface area contributed by atoms with Crippen molar-refractivity contribution in [1.29, 1.82) is 0 Å². The standard InChI is InChI=1S/C16H14P.C10H15.2FH.Ti/c1-12-6-2-5-9-16(12)17-15-10-13-7-3-4-8-14(13)11-15;1-3-6-9(2)10-7-4-5-8-10;;;/h2-11,17H,1H3;4,7,9H,3,5-6H2,1-2H3;2*1H;/q2*-1;;;+4/p-2. The Bertz CT molecular complexity index is 910. The van der Waals surface area contributed by atoms with Crippen LogP contribution in [0.15, 0.2) is 78.4 Å². The van der Waals surface area contributed by atoms with Crippen molar-refractivity contribution in [3.8, 4) is 0 Å². The van der Waals surface area contributed by atoms with Crippen LogP contribution < -0.4 is 20.0 Å². The minimum atomic E-state index is 0. The van der Waals surface area contributed by atoms with Crippen molar-refractivity contribution in [2.24, 2.45) is 5.92 Å². The van der Waals surface area contributed by atoms with Crippen LogP contribution in [0.4, 0.5) is 0 Å². The third-order valence-electron chi connectivity index (χ3n) is 5.02. The molecule has 0 heterocycles. The molecule has 0 bridgehead atoms. The van der Waals surface area contributed by atoms with Crippen LogP contribution in [0.3, 0.4) is 0 Å². The van der Waals surface area contributed by atoms with Gasteiger partial charge in [-0.1, -0.05) is 65.1 Å². The molecule has 1 aliphatic rings. The van der Waals surface area contributed by atoms with Gasteiger partial charge in [0.15, 0.2) is 0 Å². The van der Waals surface area contributed by atoms with E-state index in [1.165, 1.54) is 45.4 Å². The average Bonchev–Trinajstić information content (AvgIpc) is 3.33. The monoisotopic (exact) mass is 458 g/mol. The van der Waals surface area contributed by atoms with Gasteiger partial charge in [0.05, 0.1) is 0 Å². The van der Waals surface area contributed by atoms with E-state index in [0.717, 1.165) is 20.9 Å². The molecule has 1 aliphatic carbocycles. The van der Waals surface area contributed by atoms with Gasteiger partial charge in [-0.05, 0) is 24.2 Å². The van der Waals surface area contributed by atoms with Crippen LogP contribution >= 0.6 is 8.58 Å². The number of aryl methyl sites for hydroxylation is 1. The molecule has 0 spiro atoms. The van der Waals surface area contributed by atoms with Crippen molar-refractivity contribution in [3.63, 3.8) is 0 Å². The van der Waals surface area contributed by atoms with E-state index in [9.17, 15) is 0 Å². The van der Waals surface area contributed by atoms with E-state index in [2.05, 4.69) is 99.7 Å². The van der Waals surface area contributed by atoms with Crippen molar-refractivity contribution in [1.82, 2.24) is 0 Å². The summed E-state index contributed by atoms with van der Waals surface area (Å²) in [4.78, 5) is 0. The number of hydrogen-bond acceptors (Lipinski definition) is 0. The van der Waals surface area contributed by atoms with Gasteiger partial charge in [0.25, 0.3) is 0 Å². The maximum absolute atomic E-state index is 3.35. The van der Waals surface area contributed by atoms with Gasteiger partial charge >= 0.3 is 21.7 Å². The summed E-state index contributed by atoms with van der Waals surface area (Å²) in [6, 6.07) is 21.8. The summed E-state index contributed by atoms with van der Waals surface area (Å²) >= 11 is 0. The summed E-state index contributed by atoms with van der Waals surface area (Å²) in [5.41, 5.74) is 2.80. The predicted octanol–water partition coefficient (Wildman–Crippen LogP) is 0.614. The molecule has 156 valence electrons. The van der Waals surface area contributed by atoms with Crippen LogP contribution in [-0.4, -0.2) is 0 Å². The van der Waals surface area contributed by atoms with E-state index in [1.54, 1.807) is 0 Å². The zero-order valence-electron chi connectivity index (χ0n) is 17.9. The molecule has 0 N–H and O–H groups in total. The van der Waals surface area contributed by atoms with Gasteiger partial charge in [-0.25, -0.2) is 11.6 Å². The molecule has 2 unspecified atom stereocenters. The molecule has 30 heavy (non-hydrogen) atoms. The van der Waals surface area contributed by atoms with Crippen LogP contribution in [0.1, 0.15) is 38.7 Å². The number of benzene rings is 2. The van der Waals surface area contributed by atoms with Crippen molar-refractivity contribution in [3.05, 3.63) is 90.0 Å². The maximum atomic E-state index is 3.35. The van der Waals surface area contributed by atoms with Crippen LogP contribution in [0, 0.1) is 18.9 Å². The second kappa shape index (κ2) is 14.5. The van der Waals surface area contributed by atoms with E-state index in [-0.39, 0.29) is 31.1 Å². The smallest absolute Gasteiger partial charge is 1.00 e. The Morgan fingerprint density at radius 3 is 2.40 bits per heavy atom. The first-order valence-corrected chi connectivity index (χ1v) is 10.9. The van der Waals surface area contributed by atoms with Crippen LogP contribution in [0.25, 0.3) is 10.8 Å². The van der Waals surface area contributed by atoms with Gasteiger partial charge in [-0.15, -0.1) is 46.8 Å². The Hall–Kier alpha value is -1.47. The number of allylic oxidation sites excluding steroid dienone is 4. The van der Waals surface area contributed by atoms with E-state index in [4.69, 9.17) is 0 Å². The topological polar surface area (TPSA) is 0 Å². The largest absolute Gasteiger partial charge is 4.00 e. The Labute approximate surface area is 196 Å². The van der Waals surface area contributed by atoms with E-state index >= 15 is 0 Å². The van der Waals surface area contributed by atoms with Crippen LogP contribution in [-0.2, 0) is 21.7 Å². The fraction of sp³-hybridized carbons (Fsp3) is 0.269. The van der Waals surface area contributed by atoms with Gasteiger partial charge in [-0.2, -0.15) is 12.1 Å². The first kappa shape index (κ1) is 28.5. The Morgan fingerprint density at radius 2 is 1.77 bits per heavy atom. The molecule has 0 aliphatic heterocycles. The third kappa shape index (κ3) is 7.99. The van der Waals surface area contributed by atoms with Gasteiger partial charge in [0.2, 0.25) is 0 Å². The zero-order chi connectivity index (χ0) is 19.1. The van der Waals surface area contributed by atoms with Crippen LogP contribution in [0.5, 0.6) is 0 Å². The molecule has 3 aromatic rings. The third-order valence-corrected chi connectivity index (χ3v) is 6.42. The van der Waals surface area contributed by atoms with Crippen molar-refractivity contribution in [2.75, 3.05) is 0 Å². The summed E-state index contributed by atoms with van der Waals surface area (Å²) in [6.07, 6.45) is 11.3. The number of fused-ring (bicyclic) bond motifs is 1. The molecule has 0 aromatic heterocycles. The fourth-order valence-corrected chi connectivity index (χ4v) is 4.67. The molecular formula is C26H29F2PTi. The molecule has 0 saturated carbocycles. The summed E-state index contributed by atoms with van der Waals surface area (Å²) in [5, 5.41) is 5.58. The molecule has 0 radical (unpaired) electrons. The normalized spacial score (nSPS) is 13.0. The Morgan fingerprint density at radius 1 is 1.07 bits per heavy atom. The van der Waals surface area contributed by atoms with E-state index in [1.807, 2.05) is 0 Å². The van der Waals surface area contributed by atoms with Gasteiger partial charge < -0.3 is 9.41 Å². The second-order valence-electron chi connectivity index (χ2n) is 7.24. The summed E-state index contributed by atoms with van der Waals surface area (Å²) in [6.45, 7) is 6.70. The van der Waals surface area contributed by atoms with Gasteiger partial charge in [0, 0.05) is 0 Å². The maximum Gasteiger partial charge on any atom is 4.00 e. The number of halogens is 2. The first-order chi connectivity index (χ1) is 13.2. The molecule has 0 fully saturated rings. The molecule has 0 amide bonds. The molecule has 0 nitrogen and oxygen atoms in total. The predicted molar refractivity (Wildman–Crippen MR) is 123 cm³/mol. The minimum absolute atomic E-state index is 0. The quantitative estimate of drug-likeness (QED) is 0.299. The van der Waals surface area contributed by atoms with Crippen molar-refractivity contribution < 1.29 is 31.1 Å². The molecular weight excluding hydrogens is 429 g/mol. The van der Waals surface area contributed by atoms with Crippen LogP contribution in [0.2, 0.25) is 0 Å². The summed E-state index contributed by atoms with van der Waals surface area (Å²) in [7, 11) is 0.759. The first-order valence-electron chi connectivity index (χ1n) is 9.92. The van der Waals surface area contributed by atoms with Gasteiger partial charge in [-0.3, -0.25) is 6.08 Å².